The zero-order valence-corrected chi connectivity index (χ0v) is 10.1. The fourth-order valence-electron chi connectivity index (χ4n) is 0.638. The second kappa shape index (κ2) is 6.91. The Morgan fingerprint density at radius 3 is 1.07 bits per heavy atom. The van der Waals surface area contributed by atoms with E-state index in [0.29, 0.717) is 0 Å². The molecule has 6 heteroatoms. The molecule has 14 heavy (non-hydrogen) atoms. The minimum atomic E-state index is -0.880. The Bertz CT molecular complexity index is 176. The van der Waals surface area contributed by atoms with Crippen molar-refractivity contribution in [1.29, 1.82) is 0 Å². The molecular weight excluding hydrogens is 246 g/mol. The van der Waals surface area contributed by atoms with Crippen LogP contribution in [0.2, 0.25) is 0 Å². The minimum Gasteiger partial charge on any atom is -0.870 e. The maximum Gasteiger partial charge on any atom is 3.00 e. The summed E-state index contributed by atoms with van der Waals surface area (Å²) < 4.78 is 0. The third-order valence-electron chi connectivity index (χ3n) is 1.82. The molecule has 0 aliphatic heterocycles. The zero-order valence-electron chi connectivity index (χ0n) is 7.64. The van der Waals surface area contributed by atoms with Gasteiger partial charge in [-0.05, 0) is 37.5 Å². The van der Waals surface area contributed by atoms with Crippen molar-refractivity contribution in [3.05, 3.63) is 0 Å². The Labute approximate surface area is 94.9 Å². The number of carboxylic acids is 2. The van der Waals surface area contributed by atoms with Crippen molar-refractivity contribution in [2.75, 3.05) is 0 Å². The van der Waals surface area contributed by atoms with E-state index in [0.717, 1.165) is 25.7 Å². The first-order chi connectivity index (χ1) is 5.61. The van der Waals surface area contributed by atoms with Gasteiger partial charge in [0.2, 0.25) is 0 Å². The Morgan fingerprint density at radius 2 is 1.07 bits per heavy atom. The van der Waals surface area contributed by atoms with E-state index in [1.54, 1.807) is 0 Å². The first-order valence-electron chi connectivity index (χ1n) is 4.03. The van der Waals surface area contributed by atoms with Gasteiger partial charge in [-0.25, -0.2) is 0 Å². The summed E-state index contributed by atoms with van der Waals surface area (Å²) in [5, 5.41) is 19.3. The van der Waals surface area contributed by atoms with Crippen LogP contribution in [0.15, 0.2) is 0 Å². The van der Waals surface area contributed by atoms with Gasteiger partial charge in [0.1, 0.15) is 0 Å². The van der Waals surface area contributed by atoms with Crippen LogP contribution in [0.3, 0.4) is 0 Å². The average Bonchev–Trinajstić information content (AvgIpc) is 2.85. The molecule has 0 bridgehead atoms. The van der Waals surface area contributed by atoms with Crippen LogP contribution < -0.4 is 10.2 Å². The van der Waals surface area contributed by atoms with E-state index in [9.17, 15) is 19.8 Å². The van der Waals surface area contributed by atoms with Crippen molar-refractivity contribution in [3.63, 3.8) is 0 Å². The van der Waals surface area contributed by atoms with Crippen LogP contribution >= 0.6 is 0 Å². The summed E-state index contributed by atoms with van der Waals surface area (Å²) >= 11 is 0. The Morgan fingerprint density at radius 1 is 0.857 bits per heavy atom. The molecule has 0 saturated heterocycles. The molecule has 2 fully saturated rings. The van der Waals surface area contributed by atoms with Gasteiger partial charge in [-0.2, -0.15) is 0 Å². The van der Waals surface area contributed by atoms with Crippen LogP contribution in [0.25, 0.3) is 0 Å². The first-order valence-corrected chi connectivity index (χ1v) is 4.03. The fraction of sp³-hybridized carbons (Fsp3) is 0.750. The number of rotatable bonds is 2. The van der Waals surface area contributed by atoms with Crippen molar-refractivity contribution >= 4 is 31.7 Å². The Hall–Kier alpha value is -0.464. The predicted octanol–water partition coefficient (Wildman–Crippen LogP) is -2.26. The molecule has 2 rings (SSSR count). The molecule has 0 spiro atoms. The Kier molecular flexibility index (Phi) is 7.89. The van der Waals surface area contributed by atoms with Gasteiger partial charge in [0.25, 0.3) is 0 Å². The second-order valence-corrected chi connectivity index (χ2v) is 3.19. The molecule has 2 saturated carbocycles. The van der Waals surface area contributed by atoms with E-state index in [1.165, 1.54) is 0 Å². The van der Waals surface area contributed by atoms with Gasteiger partial charge in [0.15, 0.2) is 0 Å². The maximum atomic E-state index is 9.65. The summed E-state index contributed by atoms with van der Waals surface area (Å²) in [6, 6.07) is 0. The number of carbonyl (C=O) groups excluding carboxylic acids is 2. The summed E-state index contributed by atoms with van der Waals surface area (Å²) in [7, 11) is 0. The van der Waals surface area contributed by atoms with Crippen molar-refractivity contribution in [2.24, 2.45) is 11.8 Å². The Balaban J connectivity index is 0. The molecule has 5 nitrogen and oxygen atoms in total. The van der Waals surface area contributed by atoms with Gasteiger partial charge >= 0.3 is 19.8 Å². The molecule has 0 aromatic heterocycles. The molecule has 0 heterocycles. The van der Waals surface area contributed by atoms with Gasteiger partial charge in [0, 0.05) is 11.9 Å². The average molecular weight is 257 g/mol. The van der Waals surface area contributed by atoms with E-state index < -0.39 is 11.9 Å². The van der Waals surface area contributed by atoms with Gasteiger partial charge in [-0.1, -0.05) is 0 Å². The largest absolute Gasteiger partial charge is 3.00 e. The summed E-state index contributed by atoms with van der Waals surface area (Å²) in [5.41, 5.74) is 0. The third kappa shape index (κ3) is 6.99. The van der Waals surface area contributed by atoms with Crippen LogP contribution in [0.4, 0.5) is 0 Å². The van der Waals surface area contributed by atoms with E-state index in [2.05, 4.69) is 0 Å². The minimum absolute atomic E-state index is 0. The molecule has 0 aromatic carbocycles. The molecule has 76 valence electrons. The quantitative estimate of drug-likeness (QED) is 0.518. The van der Waals surface area contributed by atoms with Crippen LogP contribution in [0.1, 0.15) is 25.7 Å². The number of hydrogen-bond acceptors (Lipinski definition) is 5. The second-order valence-electron chi connectivity index (χ2n) is 3.19. The number of carboxylic acid groups (broad SMARTS) is 2. The first kappa shape index (κ1) is 16.0. The third-order valence-corrected chi connectivity index (χ3v) is 1.82. The molecule has 2 aliphatic carbocycles. The molecule has 0 aromatic rings. The smallest absolute Gasteiger partial charge is 0.870 e. The normalized spacial score (nSPS) is 17.7. The standard InChI is InChI=1S/2C4H6O2.Ga.H2O/c2*5-4(6)3-1-2-3;;/h2*3H,1-2H2,(H,5,6);;1H2/q;;+3;/p-3. The van der Waals surface area contributed by atoms with Crippen molar-refractivity contribution in [1.82, 2.24) is 0 Å². The predicted molar refractivity (Wildman–Crippen MR) is 43.2 cm³/mol. The van der Waals surface area contributed by atoms with Crippen molar-refractivity contribution in [3.8, 4) is 0 Å². The summed E-state index contributed by atoms with van der Waals surface area (Å²) in [6.07, 6.45) is 3.34. The molecule has 0 amide bonds. The van der Waals surface area contributed by atoms with Gasteiger partial charge in [-0.15, -0.1) is 0 Å². The zero-order chi connectivity index (χ0) is 9.14. The fourth-order valence-corrected chi connectivity index (χ4v) is 0.638. The van der Waals surface area contributed by atoms with Crippen LogP contribution in [-0.4, -0.2) is 37.2 Å². The molecule has 0 radical (unpaired) electrons. The van der Waals surface area contributed by atoms with Crippen LogP contribution in [0.5, 0.6) is 0 Å². The van der Waals surface area contributed by atoms with Crippen LogP contribution in [-0.2, 0) is 9.59 Å². The molecule has 1 N–H and O–H groups in total. The van der Waals surface area contributed by atoms with E-state index in [1.807, 2.05) is 0 Å². The van der Waals surface area contributed by atoms with Gasteiger partial charge in [0.05, 0.1) is 0 Å². The van der Waals surface area contributed by atoms with E-state index in [4.69, 9.17) is 0 Å². The topological polar surface area (TPSA) is 110 Å². The number of carbonyl (C=O) groups is 2. The number of hydrogen-bond donors (Lipinski definition) is 0. The SMILES string of the molecule is O=C([O-])C1CC1.O=C([O-])C1CC1.[Ga+3].[OH-]. The molecule has 0 unspecified atom stereocenters. The monoisotopic (exact) mass is 256 g/mol. The molecular formula is C8H11GaO5. The molecule has 0 atom stereocenters. The molecule has 2 aliphatic rings. The van der Waals surface area contributed by atoms with Gasteiger partial charge < -0.3 is 25.3 Å². The number of aliphatic carboxylic acids is 2. The van der Waals surface area contributed by atoms with Gasteiger partial charge in [-0.3, -0.25) is 0 Å². The maximum absolute atomic E-state index is 9.65. The van der Waals surface area contributed by atoms with Crippen molar-refractivity contribution in [2.45, 2.75) is 25.7 Å². The van der Waals surface area contributed by atoms with Crippen LogP contribution in [0, 0.1) is 11.8 Å². The van der Waals surface area contributed by atoms with E-state index >= 15 is 0 Å². The van der Waals surface area contributed by atoms with E-state index in [-0.39, 0.29) is 37.1 Å². The summed E-state index contributed by atoms with van der Waals surface area (Å²) in [4.78, 5) is 19.3. The summed E-state index contributed by atoms with van der Waals surface area (Å²) in [6.45, 7) is 0. The van der Waals surface area contributed by atoms with Crippen molar-refractivity contribution < 1.29 is 25.3 Å². The summed E-state index contributed by atoms with van der Waals surface area (Å²) in [5.74, 6) is -1.94.